The van der Waals surface area contributed by atoms with E-state index >= 15 is 0 Å². The normalized spacial score (nSPS) is 16.4. The molecular formula is C13H17N3S. The van der Waals surface area contributed by atoms with E-state index in [1.165, 1.54) is 24.6 Å². The van der Waals surface area contributed by atoms with Crippen molar-refractivity contribution in [3.8, 4) is 6.07 Å². The first kappa shape index (κ1) is 12.3. The van der Waals surface area contributed by atoms with Crippen LogP contribution in [0.4, 0.5) is 5.69 Å². The first-order chi connectivity index (χ1) is 8.38. The Hall–Kier alpha value is -1.18. The lowest BCUT2D eigenvalue weighted by Crippen LogP contribution is -2.36. The van der Waals surface area contributed by atoms with Crippen molar-refractivity contribution in [3.63, 3.8) is 0 Å². The molecule has 0 saturated carbocycles. The van der Waals surface area contributed by atoms with Gasteiger partial charge in [-0.05, 0) is 18.2 Å². The molecule has 0 unspecified atom stereocenters. The van der Waals surface area contributed by atoms with Crippen molar-refractivity contribution in [3.05, 3.63) is 29.8 Å². The molecule has 4 heteroatoms. The van der Waals surface area contributed by atoms with Gasteiger partial charge in [0.05, 0.1) is 11.6 Å². The minimum Gasteiger partial charge on any atom is -0.384 e. The summed E-state index contributed by atoms with van der Waals surface area (Å²) in [4.78, 5) is 2.48. The second-order valence-corrected chi connectivity index (χ2v) is 5.30. The van der Waals surface area contributed by atoms with Gasteiger partial charge in [-0.3, -0.25) is 4.90 Å². The van der Waals surface area contributed by atoms with Crippen LogP contribution >= 0.6 is 11.8 Å². The molecular weight excluding hydrogens is 230 g/mol. The number of benzene rings is 1. The lowest BCUT2D eigenvalue weighted by Gasteiger charge is -2.26. The molecule has 90 valence electrons. The summed E-state index contributed by atoms with van der Waals surface area (Å²) in [7, 11) is 0. The maximum Gasteiger partial charge on any atom is 0.0992 e. The van der Waals surface area contributed by atoms with Crippen molar-refractivity contribution >= 4 is 17.4 Å². The van der Waals surface area contributed by atoms with Crippen LogP contribution in [0.15, 0.2) is 24.3 Å². The average molecular weight is 247 g/mol. The number of nitrogens with zero attached hydrogens (tertiary/aromatic N) is 2. The molecule has 1 saturated heterocycles. The molecule has 0 radical (unpaired) electrons. The van der Waals surface area contributed by atoms with Crippen molar-refractivity contribution in [2.75, 3.05) is 43.0 Å². The lowest BCUT2D eigenvalue weighted by molar-refractivity contribution is 0.314. The van der Waals surface area contributed by atoms with Gasteiger partial charge in [0.15, 0.2) is 0 Å². The van der Waals surface area contributed by atoms with Gasteiger partial charge in [0.2, 0.25) is 0 Å². The third-order valence-electron chi connectivity index (χ3n) is 2.85. The highest BCUT2D eigenvalue weighted by Crippen LogP contribution is 2.11. The van der Waals surface area contributed by atoms with E-state index in [-0.39, 0.29) is 0 Å². The molecule has 1 aromatic carbocycles. The van der Waals surface area contributed by atoms with Crippen LogP contribution in [-0.2, 0) is 0 Å². The highest BCUT2D eigenvalue weighted by molar-refractivity contribution is 7.99. The fraction of sp³-hybridized carbons (Fsp3) is 0.462. The van der Waals surface area contributed by atoms with Gasteiger partial charge in [0.25, 0.3) is 0 Å². The fourth-order valence-corrected chi connectivity index (χ4v) is 2.86. The first-order valence-corrected chi connectivity index (χ1v) is 7.08. The van der Waals surface area contributed by atoms with Crippen LogP contribution in [0, 0.1) is 11.3 Å². The molecule has 1 aromatic rings. The number of rotatable bonds is 4. The summed E-state index contributed by atoms with van der Waals surface area (Å²) < 4.78 is 0. The molecule has 0 amide bonds. The van der Waals surface area contributed by atoms with Crippen LogP contribution in [0.5, 0.6) is 0 Å². The zero-order chi connectivity index (χ0) is 11.9. The maximum atomic E-state index is 8.80. The van der Waals surface area contributed by atoms with E-state index in [4.69, 9.17) is 5.26 Å². The van der Waals surface area contributed by atoms with Crippen LogP contribution in [-0.4, -0.2) is 42.6 Å². The SMILES string of the molecule is N#Cc1cccc(NCCN2CCSCC2)c1. The summed E-state index contributed by atoms with van der Waals surface area (Å²) in [6, 6.07) is 9.80. The molecule has 3 nitrogen and oxygen atoms in total. The molecule has 0 atom stereocenters. The van der Waals surface area contributed by atoms with Crippen LogP contribution in [0.2, 0.25) is 0 Å². The maximum absolute atomic E-state index is 8.80. The van der Waals surface area contributed by atoms with Crippen molar-refractivity contribution in [1.82, 2.24) is 4.90 Å². The van der Waals surface area contributed by atoms with Gasteiger partial charge in [0.1, 0.15) is 0 Å². The Labute approximate surface area is 107 Å². The third-order valence-corrected chi connectivity index (χ3v) is 3.80. The van der Waals surface area contributed by atoms with E-state index in [0.717, 1.165) is 18.8 Å². The van der Waals surface area contributed by atoms with Gasteiger partial charge in [-0.2, -0.15) is 17.0 Å². The van der Waals surface area contributed by atoms with Gasteiger partial charge < -0.3 is 5.32 Å². The van der Waals surface area contributed by atoms with E-state index in [0.29, 0.717) is 5.56 Å². The van der Waals surface area contributed by atoms with Crippen LogP contribution in [0.1, 0.15) is 5.56 Å². The first-order valence-electron chi connectivity index (χ1n) is 5.92. The molecule has 2 rings (SSSR count). The second kappa shape index (κ2) is 6.53. The summed E-state index contributed by atoms with van der Waals surface area (Å²) in [5.41, 5.74) is 1.75. The van der Waals surface area contributed by atoms with Gasteiger partial charge in [-0.15, -0.1) is 0 Å². The predicted octanol–water partition coefficient (Wildman–Crippen LogP) is 2.02. The minimum atomic E-state index is 0.712. The lowest BCUT2D eigenvalue weighted by atomic mass is 10.2. The molecule has 1 N–H and O–H groups in total. The second-order valence-electron chi connectivity index (χ2n) is 4.07. The largest absolute Gasteiger partial charge is 0.384 e. The third kappa shape index (κ3) is 3.95. The van der Waals surface area contributed by atoms with E-state index in [2.05, 4.69) is 16.3 Å². The van der Waals surface area contributed by atoms with Gasteiger partial charge in [-0.25, -0.2) is 0 Å². The van der Waals surface area contributed by atoms with E-state index in [1.807, 2.05) is 36.0 Å². The Morgan fingerprint density at radius 1 is 1.35 bits per heavy atom. The monoisotopic (exact) mass is 247 g/mol. The van der Waals surface area contributed by atoms with E-state index < -0.39 is 0 Å². The molecule has 0 bridgehead atoms. The van der Waals surface area contributed by atoms with Gasteiger partial charge in [0, 0.05) is 43.4 Å². The fourth-order valence-electron chi connectivity index (χ4n) is 1.88. The molecule has 0 aliphatic carbocycles. The van der Waals surface area contributed by atoms with Crippen LogP contribution in [0.25, 0.3) is 0 Å². The number of hydrogen-bond donors (Lipinski definition) is 1. The highest BCUT2D eigenvalue weighted by atomic mass is 32.2. The highest BCUT2D eigenvalue weighted by Gasteiger charge is 2.08. The molecule has 0 aromatic heterocycles. The number of nitriles is 1. The average Bonchev–Trinajstić information content (AvgIpc) is 2.40. The quantitative estimate of drug-likeness (QED) is 0.883. The van der Waals surface area contributed by atoms with Crippen LogP contribution < -0.4 is 5.32 Å². The Kier molecular flexibility index (Phi) is 4.72. The molecule has 1 fully saturated rings. The van der Waals surface area contributed by atoms with Crippen LogP contribution in [0.3, 0.4) is 0 Å². The van der Waals surface area contributed by atoms with Crippen molar-refractivity contribution < 1.29 is 0 Å². The summed E-state index contributed by atoms with van der Waals surface area (Å²) in [6.07, 6.45) is 0. The Morgan fingerprint density at radius 2 is 2.18 bits per heavy atom. The molecule has 0 spiro atoms. The van der Waals surface area contributed by atoms with Gasteiger partial charge in [-0.1, -0.05) is 6.07 Å². The smallest absolute Gasteiger partial charge is 0.0992 e. The Balaban J connectivity index is 1.75. The van der Waals surface area contributed by atoms with Gasteiger partial charge >= 0.3 is 0 Å². The molecule has 1 aliphatic rings. The molecule has 17 heavy (non-hydrogen) atoms. The number of hydrogen-bond acceptors (Lipinski definition) is 4. The van der Waals surface area contributed by atoms with E-state index in [9.17, 15) is 0 Å². The summed E-state index contributed by atoms with van der Waals surface area (Å²) >= 11 is 2.04. The van der Waals surface area contributed by atoms with Crippen molar-refractivity contribution in [2.45, 2.75) is 0 Å². The Morgan fingerprint density at radius 3 is 2.94 bits per heavy atom. The summed E-state index contributed by atoms with van der Waals surface area (Å²) in [5, 5.41) is 12.2. The zero-order valence-electron chi connectivity index (χ0n) is 9.85. The predicted molar refractivity (Wildman–Crippen MR) is 73.4 cm³/mol. The molecule has 1 aliphatic heterocycles. The zero-order valence-corrected chi connectivity index (χ0v) is 10.7. The minimum absolute atomic E-state index is 0.712. The number of nitrogens with one attached hydrogen (secondary N) is 1. The number of thioether (sulfide) groups is 1. The number of anilines is 1. The topological polar surface area (TPSA) is 39.1 Å². The van der Waals surface area contributed by atoms with Crippen molar-refractivity contribution in [2.24, 2.45) is 0 Å². The Bertz CT molecular complexity index is 394. The standard InChI is InChI=1S/C13H17N3S/c14-11-12-2-1-3-13(10-12)15-4-5-16-6-8-17-9-7-16/h1-3,10,15H,4-9H2. The summed E-state index contributed by atoms with van der Waals surface area (Å²) in [6.45, 7) is 4.42. The summed E-state index contributed by atoms with van der Waals surface area (Å²) in [5.74, 6) is 2.51. The van der Waals surface area contributed by atoms with E-state index in [1.54, 1.807) is 0 Å². The van der Waals surface area contributed by atoms with Crippen molar-refractivity contribution in [1.29, 1.82) is 5.26 Å². The molecule has 1 heterocycles.